The van der Waals surface area contributed by atoms with E-state index in [0.717, 1.165) is 5.57 Å². The zero-order valence-corrected chi connectivity index (χ0v) is 7.13. The van der Waals surface area contributed by atoms with Crippen molar-refractivity contribution in [3.63, 3.8) is 0 Å². The summed E-state index contributed by atoms with van der Waals surface area (Å²) in [6, 6.07) is 0. The lowest BCUT2D eigenvalue weighted by Crippen LogP contribution is -1.90. The van der Waals surface area contributed by atoms with Crippen LogP contribution in [0.15, 0.2) is 36.5 Å². The second kappa shape index (κ2) is 5.66. The minimum Gasteiger partial charge on any atom is -0.300 e. The molecular weight excluding hydrogens is 136 g/mol. The molecule has 0 rings (SSSR count). The van der Waals surface area contributed by atoms with Crippen molar-refractivity contribution in [3.8, 4) is 0 Å². The summed E-state index contributed by atoms with van der Waals surface area (Å²) in [5.41, 5.74) is 0.968. The molecule has 0 saturated carbocycles. The van der Waals surface area contributed by atoms with Crippen LogP contribution in [0.2, 0.25) is 0 Å². The van der Waals surface area contributed by atoms with Crippen LogP contribution in [0, 0.1) is 0 Å². The molecule has 0 aliphatic carbocycles. The second-order valence-electron chi connectivity index (χ2n) is 2.35. The molecule has 0 unspecified atom stereocenters. The molecule has 60 valence electrons. The molecule has 0 spiro atoms. The predicted octanol–water partition coefficient (Wildman–Crippen LogP) is 2.65. The third kappa shape index (κ3) is 5.34. The Morgan fingerprint density at radius 3 is 2.55 bits per heavy atom. The Morgan fingerprint density at radius 2 is 2.18 bits per heavy atom. The molecule has 0 aliphatic rings. The largest absolute Gasteiger partial charge is 0.300 e. The summed E-state index contributed by atoms with van der Waals surface area (Å²) >= 11 is 0. The standard InChI is InChI=1S/C10H14O/c1-4-6-7-10(5-2)8-9(3)11/h4-7H,2,8H2,1,3H3/b6-4-,10-7+. The van der Waals surface area contributed by atoms with Gasteiger partial charge in [0.2, 0.25) is 0 Å². The van der Waals surface area contributed by atoms with Gasteiger partial charge in [0, 0.05) is 6.42 Å². The van der Waals surface area contributed by atoms with Crippen molar-refractivity contribution in [2.75, 3.05) is 0 Å². The van der Waals surface area contributed by atoms with Crippen molar-refractivity contribution < 1.29 is 4.79 Å². The molecule has 0 heterocycles. The van der Waals surface area contributed by atoms with Gasteiger partial charge in [-0.05, 0) is 19.4 Å². The Balaban J connectivity index is 4.15. The van der Waals surface area contributed by atoms with Crippen LogP contribution in [0.25, 0.3) is 0 Å². The molecule has 0 aromatic carbocycles. The zero-order chi connectivity index (χ0) is 8.69. The van der Waals surface area contributed by atoms with Crippen LogP contribution in [0.5, 0.6) is 0 Å². The molecular formula is C10H14O. The fraction of sp³-hybridized carbons (Fsp3) is 0.300. The fourth-order valence-electron chi connectivity index (χ4n) is 0.706. The van der Waals surface area contributed by atoms with Crippen molar-refractivity contribution in [1.82, 2.24) is 0 Å². The normalized spacial score (nSPS) is 12.0. The maximum atomic E-state index is 10.7. The Labute approximate surface area is 68.1 Å². The van der Waals surface area contributed by atoms with Gasteiger partial charge >= 0.3 is 0 Å². The number of Topliss-reactive ketones (excluding diaryl/α,β-unsaturated/α-hetero) is 1. The van der Waals surface area contributed by atoms with Crippen molar-refractivity contribution in [3.05, 3.63) is 36.5 Å². The van der Waals surface area contributed by atoms with Gasteiger partial charge in [-0.25, -0.2) is 0 Å². The maximum absolute atomic E-state index is 10.7. The molecule has 1 heteroatoms. The van der Waals surface area contributed by atoms with E-state index in [1.807, 2.05) is 25.2 Å². The summed E-state index contributed by atoms with van der Waals surface area (Å²) in [5, 5.41) is 0. The average Bonchev–Trinajstić information content (AvgIpc) is 1.97. The van der Waals surface area contributed by atoms with E-state index in [4.69, 9.17) is 0 Å². The van der Waals surface area contributed by atoms with Crippen LogP contribution in [0.1, 0.15) is 20.3 Å². The van der Waals surface area contributed by atoms with Crippen molar-refractivity contribution in [2.24, 2.45) is 0 Å². The molecule has 0 atom stereocenters. The highest BCUT2D eigenvalue weighted by atomic mass is 16.1. The van der Waals surface area contributed by atoms with Gasteiger partial charge in [-0.15, -0.1) is 0 Å². The summed E-state index contributed by atoms with van der Waals surface area (Å²) in [4.78, 5) is 10.7. The highest BCUT2D eigenvalue weighted by Gasteiger charge is 1.94. The number of rotatable bonds is 4. The van der Waals surface area contributed by atoms with Gasteiger partial charge in [-0.1, -0.05) is 30.9 Å². The van der Waals surface area contributed by atoms with Crippen molar-refractivity contribution in [2.45, 2.75) is 20.3 Å². The number of hydrogen-bond acceptors (Lipinski definition) is 1. The average molecular weight is 150 g/mol. The van der Waals surface area contributed by atoms with Gasteiger partial charge in [0.05, 0.1) is 0 Å². The minimum absolute atomic E-state index is 0.167. The first-order chi connectivity index (χ1) is 5.20. The lowest BCUT2D eigenvalue weighted by molar-refractivity contribution is -0.116. The molecule has 11 heavy (non-hydrogen) atoms. The number of hydrogen-bond donors (Lipinski definition) is 0. The van der Waals surface area contributed by atoms with Crippen LogP contribution in [0.4, 0.5) is 0 Å². The van der Waals surface area contributed by atoms with Crippen molar-refractivity contribution >= 4 is 5.78 Å². The molecule has 0 saturated heterocycles. The lowest BCUT2D eigenvalue weighted by atomic mass is 10.1. The van der Waals surface area contributed by atoms with Crippen LogP contribution in [0.3, 0.4) is 0 Å². The van der Waals surface area contributed by atoms with Gasteiger partial charge in [0.25, 0.3) is 0 Å². The lowest BCUT2D eigenvalue weighted by Gasteiger charge is -1.94. The summed E-state index contributed by atoms with van der Waals surface area (Å²) in [6.07, 6.45) is 7.91. The first-order valence-electron chi connectivity index (χ1n) is 3.64. The molecule has 0 bridgehead atoms. The number of carbonyl (C=O) groups excluding carboxylic acids is 1. The first kappa shape index (κ1) is 9.89. The van der Waals surface area contributed by atoms with E-state index >= 15 is 0 Å². The monoisotopic (exact) mass is 150 g/mol. The second-order valence-corrected chi connectivity index (χ2v) is 2.35. The topological polar surface area (TPSA) is 17.1 Å². The summed E-state index contributed by atoms with van der Waals surface area (Å²) in [6.45, 7) is 7.12. The van der Waals surface area contributed by atoms with E-state index in [9.17, 15) is 4.79 Å². The highest BCUT2D eigenvalue weighted by molar-refractivity contribution is 5.78. The van der Waals surface area contributed by atoms with Gasteiger partial charge in [0.1, 0.15) is 5.78 Å². The third-order valence-corrected chi connectivity index (χ3v) is 1.22. The Morgan fingerprint density at radius 1 is 1.55 bits per heavy atom. The highest BCUT2D eigenvalue weighted by Crippen LogP contribution is 2.02. The Bertz CT molecular complexity index is 197. The SMILES string of the molecule is C=C/C(=C\C=C/C)CC(C)=O. The van der Waals surface area contributed by atoms with Gasteiger partial charge in [0.15, 0.2) is 0 Å². The van der Waals surface area contributed by atoms with Gasteiger partial charge in [-0.3, -0.25) is 4.79 Å². The number of allylic oxidation sites excluding steroid dienone is 5. The minimum atomic E-state index is 0.167. The molecule has 0 radical (unpaired) electrons. The molecule has 0 amide bonds. The maximum Gasteiger partial charge on any atom is 0.134 e. The van der Waals surface area contributed by atoms with E-state index < -0.39 is 0 Å². The fourth-order valence-corrected chi connectivity index (χ4v) is 0.706. The van der Waals surface area contributed by atoms with E-state index in [2.05, 4.69) is 6.58 Å². The number of ketones is 1. The van der Waals surface area contributed by atoms with Crippen LogP contribution in [-0.4, -0.2) is 5.78 Å². The predicted molar refractivity (Wildman–Crippen MR) is 48.4 cm³/mol. The summed E-state index contributed by atoms with van der Waals surface area (Å²) in [5.74, 6) is 0.167. The van der Waals surface area contributed by atoms with Crippen LogP contribution < -0.4 is 0 Å². The number of carbonyl (C=O) groups is 1. The third-order valence-electron chi connectivity index (χ3n) is 1.22. The Kier molecular flexibility index (Phi) is 5.09. The van der Waals surface area contributed by atoms with E-state index in [-0.39, 0.29) is 5.78 Å². The van der Waals surface area contributed by atoms with Crippen LogP contribution in [-0.2, 0) is 4.79 Å². The molecule has 0 fully saturated rings. The zero-order valence-electron chi connectivity index (χ0n) is 7.13. The quantitative estimate of drug-likeness (QED) is 0.563. The molecule has 0 aromatic heterocycles. The van der Waals surface area contributed by atoms with E-state index in [1.54, 1.807) is 13.0 Å². The van der Waals surface area contributed by atoms with E-state index in [0.29, 0.717) is 6.42 Å². The summed E-state index contributed by atoms with van der Waals surface area (Å²) in [7, 11) is 0. The summed E-state index contributed by atoms with van der Waals surface area (Å²) < 4.78 is 0. The van der Waals surface area contributed by atoms with Gasteiger partial charge < -0.3 is 0 Å². The molecule has 0 N–H and O–H groups in total. The molecule has 0 aliphatic heterocycles. The Hall–Kier alpha value is -1.11. The molecule has 1 nitrogen and oxygen atoms in total. The smallest absolute Gasteiger partial charge is 0.134 e. The molecule has 0 aromatic rings. The van der Waals surface area contributed by atoms with Gasteiger partial charge in [-0.2, -0.15) is 0 Å². The first-order valence-corrected chi connectivity index (χ1v) is 3.64. The van der Waals surface area contributed by atoms with Crippen molar-refractivity contribution in [1.29, 1.82) is 0 Å². The van der Waals surface area contributed by atoms with E-state index in [1.165, 1.54) is 0 Å². The van der Waals surface area contributed by atoms with Crippen LogP contribution >= 0.6 is 0 Å².